The van der Waals surface area contributed by atoms with E-state index in [9.17, 15) is 0 Å². The predicted molar refractivity (Wildman–Crippen MR) is 98.2 cm³/mol. The van der Waals surface area contributed by atoms with Crippen molar-refractivity contribution in [3.8, 4) is 11.4 Å². The summed E-state index contributed by atoms with van der Waals surface area (Å²) >= 11 is 0. The molecule has 0 aliphatic carbocycles. The van der Waals surface area contributed by atoms with E-state index >= 15 is 0 Å². The molecule has 0 spiro atoms. The van der Waals surface area contributed by atoms with Crippen molar-refractivity contribution in [3.05, 3.63) is 77.4 Å². The fraction of sp³-hybridized carbons (Fsp3) is 0.190. The first-order valence-corrected chi connectivity index (χ1v) is 8.35. The maximum Gasteiger partial charge on any atom is 0.227 e. The van der Waals surface area contributed by atoms with Gasteiger partial charge in [0.25, 0.3) is 0 Å². The van der Waals surface area contributed by atoms with Crippen molar-refractivity contribution in [1.29, 1.82) is 0 Å². The minimum atomic E-state index is 0.798. The number of imidazole rings is 1. The third-order valence-electron chi connectivity index (χ3n) is 4.21. The van der Waals surface area contributed by atoms with Gasteiger partial charge in [-0.25, -0.2) is 0 Å². The Kier molecular flexibility index (Phi) is 3.61. The zero-order valence-corrected chi connectivity index (χ0v) is 14.9. The van der Waals surface area contributed by atoms with E-state index in [1.165, 1.54) is 22.3 Å². The number of aromatic nitrogens is 4. The Morgan fingerprint density at radius 3 is 1.96 bits per heavy atom. The van der Waals surface area contributed by atoms with E-state index in [1.807, 2.05) is 9.13 Å². The standard InChI is InChI=1S/C21H20N4/c1-14-7-15(2)10-18(9-14)24-13-25(21-20(24)22-5-6-23-21)19-11-16(3)8-17(4)12-19/h5-12H,1-4H3. The molecule has 0 fully saturated rings. The van der Waals surface area contributed by atoms with Gasteiger partial charge in [0.2, 0.25) is 5.65 Å². The molecular formula is C21H20N4. The second-order valence-electron chi connectivity index (χ2n) is 6.67. The van der Waals surface area contributed by atoms with Gasteiger partial charge in [-0.15, -0.1) is 0 Å². The average molecular weight is 328 g/mol. The van der Waals surface area contributed by atoms with Crippen molar-refractivity contribution in [2.75, 3.05) is 0 Å². The Morgan fingerprint density at radius 1 is 0.760 bits per heavy atom. The molecular weight excluding hydrogens is 308 g/mol. The van der Waals surface area contributed by atoms with E-state index in [4.69, 9.17) is 0 Å². The van der Waals surface area contributed by atoms with Gasteiger partial charge in [0, 0.05) is 11.4 Å². The van der Waals surface area contributed by atoms with Crippen LogP contribution in [-0.4, -0.2) is 14.5 Å². The summed E-state index contributed by atoms with van der Waals surface area (Å²) in [5, 5.41) is 0. The molecule has 0 bridgehead atoms. The maximum atomic E-state index is 4.56. The van der Waals surface area contributed by atoms with Gasteiger partial charge < -0.3 is 4.57 Å². The lowest BCUT2D eigenvalue weighted by atomic mass is 10.1. The highest BCUT2D eigenvalue weighted by Gasteiger charge is 2.14. The summed E-state index contributed by atoms with van der Waals surface area (Å²) in [6, 6.07) is 12.9. The molecule has 2 aromatic heterocycles. The van der Waals surface area contributed by atoms with Gasteiger partial charge in [-0.2, -0.15) is 4.98 Å². The molecule has 0 radical (unpaired) electrons. The van der Waals surface area contributed by atoms with Gasteiger partial charge in [0.1, 0.15) is 6.20 Å². The lowest BCUT2D eigenvalue weighted by Crippen LogP contribution is -2.30. The summed E-state index contributed by atoms with van der Waals surface area (Å²) in [4.78, 5) is 9.11. The Morgan fingerprint density at radius 2 is 1.32 bits per heavy atom. The Bertz CT molecular complexity index is 966. The molecule has 0 aliphatic rings. The molecule has 4 nitrogen and oxygen atoms in total. The van der Waals surface area contributed by atoms with E-state index in [2.05, 4.69) is 80.4 Å². The van der Waals surface area contributed by atoms with Crippen LogP contribution in [0.3, 0.4) is 0 Å². The van der Waals surface area contributed by atoms with Crippen molar-refractivity contribution >= 4 is 11.3 Å². The lowest BCUT2D eigenvalue weighted by molar-refractivity contribution is -0.574. The fourth-order valence-corrected chi connectivity index (χ4v) is 3.35. The molecule has 0 N–H and O–H groups in total. The van der Waals surface area contributed by atoms with Gasteiger partial charge in [-0.1, -0.05) is 58.7 Å². The highest BCUT2D eigenvalue weighted by atomic mass is 15.2. The van der Waals surface area contributed by atoms with Crippen LogP contribution in [0.5, 0.6) is 0 Å². The normalized spacial score (nSPS) is 11.2. The molecule has 2 aromatic carbocycles. The zero-order valence-electron chi connectivity index (χ0n) is 14.9. The number of hydrogen-bond donors (Lipinski definition) is 0. The van der Waals surface area contributed by atoms with Crippen molar-refractivity contribution in [2.24, 2.45) is 0 Å². The van der Waals surface area contributed by atoms with Crippen LogP contribution in [0.1, 0.15) is 22.3 Å². The van der Waals surface area contributed by atoms with E-state index in [-0.39, 0.29) is 0 Å². The first-order chi connectivity index (χ1) is 12.0. The topological polar surface area (TPSA) is 34.6 Å². The maximum absolute atomic E-state index is 4.56. The molecule has 0 amide bonds. The molecule has 0 unspecified atom stereocenters. The third-order valence-corrected chi connectivity index (χ3v) is 4.21. The second-order valence-corrected chi connectivity index (χ2v) is 6.67. The van der Waals surface area contributed by atoms with Crippen molar-refractivity contribution in [3.63, 3.8) is 0 Å². The summed E-state index contributed by atoms with van der Waals surface area (Å²) in [7, 11) is 0. The summed E-state index contributed by atoms with van der Waals surface area (Å²) in [6.45, 7) is 8.41. The quantitative estimate of drug-likeness (QED) is 0.415. The smallest absolute Gasteiger partial charge is 0.227 e. The van der Waals surface area contributed by atoms with Crippen LogP contribution in [0.2, 0.25) is 0 Å². The summed E-state index contributed by atoms with van der Waals surface area (Å²) < 4.78 is 3.97. The highest BCUT2D eigenvalue weighted by molar-refractivity contribution is 5.65. The van der Waals surface area contributed by atoms with E-state index in [0.717, 1.165) is 22.7 Å². The van der Waals surface area contributed by atoms with Gasteiger partial charge in [0.05, 0.1) is 6.20 Å². The summed E-state index contributed by atoms with van der Waals surface area (Å²) in [6.07, 6.45) is 6.89. The van der Waals surface area contributed by atoms with Gasteiger partial charge in [-0.3, -0.25) is 9.55 Å². The molecule has 0 aliphatic heterocycles. The Hall–Kier alpha value is -3.01. The largest absolute Gasteiger partial charge is 0.309 e. The number of benzene rings is 2. The zero-order chi connectivity index (χ0) is 17.6. The number of nitrogens with zero attached hydrogens (tertiary/aromatic N) is 4. The highest BCUT2D eigenvalue weighted by Crippen LogP contribution is 2.18. The first kappa shape index (κ1) is 15.5. The van der Waals surface area contributed by atoms with E-state index in [1.54, 1.807) is 12.4 Å². The fourth-order valence-electron chi connectivity index (χ4n) is 3.35. The average Bonchev–Trinajstić information content (AvgIpc) is 2.93. The van der Waals surface area contributed by atoms with Crippen LogP contribution in [0, 0.1) is 34.0 Å². The SMILES string of the molecule is Cc1cc(C)cc(-n2[c-][n+](-c3cc(C)cc(C)c3)c3nccnc32)c1. The second kappa shape index (κ2) is 5.81. The lowest BCUT2D eigenvalue weighted by Gasteiger charge is -2.08. The molecule has 0 atom stereocenters. The van der Waals surface area contributed by atoms with Crippen LogP contribution in [0.4, 0.5) is 0 Å². The van der Waals surface area contributed by atoms with Crippen LogP contribution in [0.15, 0.2) is 48.8 Å². The molecule has 25 heavy (non-hydrogen) atoms. The molecule has 4 aromatic rings. The van der Waals surface area contributed by atoms with Gasteiger partial charge >= 0.3 is 0 Å². The van der Waals surface area contributed by atoms with Crippen LogP contribution in [0.25, 0.3) is 22.7 Å². The van der Waals surface area contributed by atoms with Crippen LogP contribution in [-0.2, 0) is 0 Å². The molecule has 0 saturated carbocycles. The van der Waals surface area contributed by atoms with Gasteiger partial charge in [0.15, 0.2) is 12.0 Å². The molecule has 4 heteroatoms. The molecule has 4 rings (SSSR count). The number of hydrogen-bond acceptors (Lipinski definition) is 2. The Balaban J connectivity index is 2.01. The third kappa shape index (κ3) is 2.80. The number of fused-ring (bicyclic) bond motifs is 1. The van der Waals surface area contributed by atoms with Gasteiger partial charge in [-0.05, 0) is 27.7 Å². The van der Waals surface area contributed by atoms with Crippen molar-refractivity contribution in [2.45, 2.75) is 27.7 Å². The first-order valence-electron chi connectivity index (χ1n) is 8.35. The minimum absolute atomic E-state index is 0.798. The predicted octanol–water partition coefficient (Wildman–Crippen LogP) is 3.73. The molecule has 124 valence electrons. The number of aryl methyl sites for hydroxylation is 4. The summed E-state index contributed by atoms with van der Waals surface area (Å²) in [5.41, 5.74) is 8.55. The van der Waals surface area contributed by atoms with Crippen LogP contribution < -0.4 is 4.57 Å². The van der Waals surface area contributed by atoms with Crippen molar-refractivity contribution in [1.82, 2.24) is 14.5 Å². The van der Waals surface area contributed by atoms with Crippen LogP contribution >= 0.6 is 0 Å². The molecule has 0 saturated heterocycles. The van der Waals surface area contributed by atoms with Crippen molar-refractivity contribution < 1.29 is 4.57 Å². The number of rotatable bonds is 2. The summed E-state index contributed by atoms with van der Waals surface area (Å²) in [5.74, 6) is 0. The molecule has 2 heterocycles. The van der Waals surface area contributed by atoms with E-state index < -0.39 is 0 Å². The monoisotopic (exact) mass is 328 g/mol. The van der Waals surface area contributed by atoms with E-state index in [0.29, 0.717) is 0 Å². The minimum Gasteiger partial charge on any atom is -0.309 e. The Labute approximate surface area is 147 Å².